The van der Waals surface area contributed by atoms with E-state index in [1.54, 1.807) is 0 Å². The number of benzene rings is 2. The molecule has 0 aromatic heterocycles. The fourth-order valence-electron chi connectivity index (χ4n) is 2.97. The Morgan fingerprint density at radius 1 is 1.04 bits per heavy atom. The molecule has 0 atom stereocenters. The Kier molecular flexibility index (Phi) is 5.88. The number of ether oxygens (including phenoxy) is 1. The number of hydroxylamine groups is 1. The maximum absolute atomic E-state index is 12.7. The second-order valence-corrected chi connectivity index (χ2v) is 6.13. The molecule has 0 unspecified atom stereocenters. The fourth-order valence-corrected chi connectivity index (χ4v) is 2.97. The van der Waals surface area contributed by atoms with E-state index in [0.717, 1.165) is 29.7 Å². The summed E-state index contributed by atoms with van der Waals surface area (Å²) in [6.07, 6.45) is 1.65. The van der Waals surface area contributed by atoms with E-state index in [9.17, 15) is 4.79 Å². The normalized spacial score (nSPS) is 14.7. The third-order valence-corrected chi connectivity index (χ3v) is 4.59. The molecular weight excluding hydrogens is 334 g/mol. The van der Waals surface area contributed by atoms with E-state index in [0.29, 0.717) is 0 Å². The Balaban J connectivity index is 1.69. The van der Waals surface area contributed by atoms with Crippen molar-refractivity contribution in [3.63, 3.8) is 0 Å². The van der Waals surface area contributed by atoms with Gasteiger partial charge in [0.15, 0.2) is 6.73 Å². The van der Waals surface area contributed by atoms with Crippen molar-refractivity contribution in [1.82, 2.24) is 0 Å². The van der Waals surface area contributed by atoms with Gasteiger partial charge in [-0.1, -0.05) is 48.5 Å². The predicted molar refractivity (Wildman–Crippen MR) is 96.0 cm³/mol. The van der Waals surface area contributed by atoms with Crippen LogP contribution in [0.3, 0.4) is 0 Å². The number of hydrogen-bond donors (Lipinski definition) is 0. The van der Waals surface area contributed by atoms with Gasteiger partial charge in [0, 0.05) is 5.56 Å². The van der Waals surface area contributed by atoms with Gasteiger partial charge in [0.05, 0.1) is 25.3 Å². The smallest absolute Gasteiger partial charge is 0.316 e. The van der Waals surface area contributed by atoms with Gasteiger partial charge in [-0.05, 0) is 24.5 Å². The summed E-state index contributed by atoms with van der Waals surface area (Å²) < 4.78 is 5.66. The molecular formula is C20H23NO5. The molecule has 2 aromatic carbocycles. The van der Waals surface area contributed by atoms with Gasteiger partial charge < -0.3 is 4.74 Å². The summed E-state index contributed by atoms with van der Waals surface area (Å²) in [6.45, 7) is 0.252. The van der Waals surface area contributed by atoms with Crippen LogP contribution in [0.25, 0.3) is 0 Å². The minimum absolute atomic E-state index is 0.0892. The van der Waals surface area contributed by atoms with Crippen molar-refractivity contribution in [2.45, 2.75) is 24.9 Å². The van der Waals surface area contributed by atoms with Crippen molar-refractivity contribution in [1.29, 1.82) is 0 Å². The molecule has 0 spiro atoms. The van der Waals surface area contributed by atoms with Gasteiger partial charge in [0.1, 0.15) is 6.61 Å². The highest BCUT2D eigenvalue weighted by atomic mass is 17.2. The topological polar surface area (TPSA) is 57.2 Å². The SMILES string of the molecule is COOCN(OC)c1ccccc1COC(=O)C1(c2ccccc2)CC1. The first-order valence-electron chi connectivity index (χ1n) is 8.49. The molecule has 0 saturated heterocycles. The molecule has 1 aliphatic carbocycles. The molecule has 6 heteroatoms. The van der Waals surface area contributed by atoms with Crippen LogP contribution in [0.15, 0.2) is 54.6 Å². The maximum atomic E-state index is 12.7. The second-order valence-electron chi connectivity index (χ2n) is 6.13. The van der Waals surface area contributed by atoms with Crippen molar-refractivity contribution >= 4 is 11.7 Å². The Bertz CT molecular complexity index is 730. The number of para-hydroxylation sites is 1. The average Bonchev–Trinajstić information content (AvgIpc) is 3.50. The van der Waals surface area contributed by atoms with Gasteiger partial charge in [-0.25, -0.2) is 14.8 Å². The number of nitrogens with zero attached hydrogens (tertiary/aromatic N) is 1. The average molecular weight is 357 g/mol. The lowest BCUT2D eigenvalue weighted by atomic mass is 9.96. The quantitative estimate of drug-likeness (QED) is 0.297. The van der Waals surface area contributed by atoms with Crippen LogP contribution >= 0.6 is 0 Å². The minimum atomic E-state index is -0.490. The molecule has 0 aliphatic heterocycles. The molecule has 0 heterocycles. The predicted octanol–water partition coefficient (Wildman–Crippen LogP) is 3.36. The van der Waals surface area contributed by atoms with Gasteiger partial charge >= 0.3 is 5.97 Å². The van der Waals surface area contributed by atoms with E-state index >= 15 is 0 Å². The first-order valence-corrected chi connectivity index (χ1v) is 8.49. The Morgan fingerprint density at radius 2 is 1.73 bits per heavy atom. The first kappa shape index (κ1) is 18.4. The number of hydrogen-bond acceptors (Lipinski definition) is 6. The summed E-state index contributed by atoms with van der Waals surface area (Å²) >= 11 is 0. The highest BCUT2D eigenvalue weighted by Gasteiger charge is 2.52. The number of carbonyl (C=O) groups is 1. The molecule has 0 amide bonds. The zero-order valence-corrected chi connectivity index (χ0v) is 15.0. The molecule has 26 heavy (non-hydrogen) atoms. The van der Waals surface area contributed by atoms with Crippen LogP contribution in [-0.4, -0.2) is 26.9 Å². The monoisotopic (exact) mass is 357 g/mol. The lowest BCUT2D eigenvalue weighted by molar-refractivity contribution is -0.280. The third-order valence-electron chi connectivity index (χ3n) is 4.59. The van der Waals surface area contributed by atoms with E-state index in [4.69, 9.17) is 14.5 Å². The van der Waals surface area contributed by atoms with E-state index in [1.165, 1.54) is 19.3 Å². The highest BCUT2D eigenvalue weighted by Crippen LogP contribution is 2.49. The fraction of sp³-hybridized carbons (Fsp3) is 0.350. The molecule has 2 aromatic rings. The molecule has 138 valence electrons. The zero-order valence-electron chi connectivity index (χ0n) is 15.0. The lowest BCUT2D eigenvalue weighted by Gasteiger charge is -2.23. The molecule has 0 bridgehead atoms. The third kappa shape index (κ3) is 3.88. The summed E-state index contributed by atoms with van der Waals surface area (Å²) in [5, 5.41) is 1.52. The van der Waals surface area contributed by atoms with Crippen molar-refractivity contribution in [2.75, 3.05) is 26.0 Å². The molecule has 1 aliphatic rings. The lowest BCUT2D eigenvalue weighted by Crippen LogP contribution is -2.27. The van der Waals surface area contributed by atoms with E-state index in [2.05, 4.69) is 4.89 Å². The van der Waals surface area contributed by atoms with Gasteiger partial charge in [-0.3, -0.25) is 9.63 Å². The van der Waals surface area contributed by atoms with Crippen LogP contribution in [0, 0.1) is 0 Å². The van der Waals surface area contributed by atoms with Crippen LogP contribution in [0.5, 0.6) is 0 Å². The van der Waals surface area contributed by atoms with Gasteiger partial charge in [-0.15, -0.1) is 0 Å². The summed E-state index contributed by atoms with van der Waals surface area (Å²) in [5.74, 6) is -0.185. The van der Waals surface area contributed by atoms with Crippen molar-refractivity contribution in [3.05, 3.63) is 65.7 Å². The molecule has 3 rings (SSSR count). The van der Waals surface area contributed by atoms with Crippen molar-refractivity contribution in [3.8, 4) is 0 Å². The summed E-state index contributed by atoms with van der Waals surface area (Å²) in [6, 6.07) is 17.3. The largest absolute Gasteiger partial charge is 0.460 e. The Morgan fingerprint density at radius 3 is 2.38 bits per heavy atom. The molecule has 6 nitrogen and oxygen atoms in total. The number of anilines is 1. The highest BCUT2D eigenvalue weighted by molar-refractivity contribution is 5.86. The molecule has 1 saturated carbocycles. The van der Waals surface area contributed by atoms with Gasteiger partial charge in [0.25, 0.3) is 0 Å². The van der Waals surface area contributed by atoms with Gasteiger partial charge in [0.2, 0.25) is 0 Å². The standard InChI is InChI=1S/C20H23NO5/c1-23-21(15-26-24-2)18-11-7-6-8-16(18)14-25-19(22)20(12-13-20)17-9-4-3-5-10-17/h3-11H,12-15H2,1-2H3. The Labute approximate surface area is 153 Å². The van der Waals surface area contributed by atoms with Crippen molar-refractivity contribution in [2.24, 2.45) is 0 Å². The van der Waals surface area contributed by atoms with Crippen LogP contribution in [-0.2, 0) is 36.2 Å². The Hall–Kier alpha value is -2.41. The number of rotatable bonds is 9. The maximum Gasteiger partial charge on any atom is 0.316 e. The summed E-state index contributed by atoms with van der Waals surface area (Å²) in [4.78, 5) is 27.6. The summed E-state index contributed by atoms with van der Waals surface area (Å²) in [7, 11) is 2.97. The molecule has 0 N–H and O–H groups in total. The van der Waals surface area contributed by atoms with Crippen LogP contribution < -0.4 is 5.06 Å². The van der Waals surface area contributed by atoms with Crippen LogP contribution in [0.2, 0.25) is 0 Å². The van der Waals surface area contributed by atoms with Crippen LogP contribution in [0.1, 0.15) is 24.0 Å². The van der Waals surface area contributed by atoms with Crippen LogP contribution in [0.4, 0.5) is 5.69 Å². The number of esters is 1. The second kappa shape index (κ2) is 8.31. The summed E-state index contributed by atoms with van der Waals surface area (Å²) in [5.41, 5.74) is 2.11. The first-order chi connectivity index (χ1) is 12.7. The van der Waals surface area contributed by atoms with Gasteiger partial charge in [-0.2, -0.15) is 0 Å². The molecule has 1 fully saturated rings. The molecule has 0 radical (unpaired) electrons. The minimum Gasteiger partial charge on any atom is -0.460 e. The number of carbonyl (C=O) groups excluding carboxylic acids is 1. The zero-order chi connectivity index (χ0) is 18.4. The van der Waals surface area contributed by atoms with E-state index in [-0.39, 0.29) is 19.3 Å². The van der Waals surface area contributed by atoms with E-state index in [1.807, 2.05) is 54.6 Å². The van der Waals surface area contributed by atoms with E-state index < -0.39 is 5.41 Å². The van der Waals surface area contributed by atoms with Crippen molar-refractivity contribution < 1.29 is 24.1 Å².